The van der Waals surface area contributed by atoms with Crippen LogP contribution in [-0.2, 0) is 4.79 Å². The summed E-state index contributed by atoms with van der Waals surface area (Å²) in [7, 11) is 0. The van der Waals surface area contributed by atoms with Crippen molar-refractivity contribution >= 4 is 73.8 Å². The van der Waals surface area contributed by atoms with Gasteiger partial charge in [0.25, 0.3) is 0 Å². The van der Waals surface area contributed by atoms with E-state index in [1.807, 2.05) is 35.7 Å². The zero-order valence-electron chi connectivity index (χ0n) is 15.6. The summed E-state index contributed by atoms with van der Waals surface area (Å²) >= 11 is 14.0. The summed E-state index contributed by atoms with van der Waals surface area (Å²) < 4.78 is 0. The van der Waals surface area contributed by atoms with E-state index in [0.717, 1.165) is 21.5 Å². The summed E-state index contributed by atoms with van der Waals surface area (Å²) in [4.78, 5) is 17.8. The molecular formula is C22H16ClN3OS3. The van der Waals surface area contributed by atoms with E-state index < -0.39 is 0 Å². The monoisotopic (exact) mass is 469 g/mol. The second-order valence-electron chi connectivity index (χ2n) is 6.31. The van der Waals surface area contributed by atoms with E-state index >= 15 is 0 Å². The summed E-state index contributed by atoms with van der Waals surface area (Å²) in [6.45, 7) is 0. The number of carbonyl (C=O) groups is 1. The first kappa shape index (κ1) is 20.8. The van der Waals surface area contributed by atoms with E-state index in [9.17, 15) is 4.79 Å². The Kier molecular flexibility index (Phi) is 6.64. The first-order chi connectivity index (χ1) is 14.6. The van der Waals surface area contributed by atoms with E-state index in [1.54, 1.807) is 12.1 Å². The van der Waals surface area contributed by atoms with Gasteiger partial charge in [0.05, 0.1) is 11.4 Å². The Hall–Kier alpha value is -2.45. The number of nitrogens with one attached hydrogen (secondary N) is 2. The van der Waals surface area contributed by atoms with Crippen LogP contribution in [0, 0.1) is 0 Å². The van der Waals surface area contributed by atoms with Crippen molar-refractivity contribution in [3.8, 4) is 11.3 Å². The third-order valence-corrected chi connectivity index (χ3v) is 6.45. The number of hydrogen-bond donors (Lipinski definition) is 2. The lowest BCUT2D eigenvalue weighted by molar-refractivity contribution is -0.117. The van der Waals surface area contributed by atoms with Gasteiger partial charge in [-0.25, -0.2) is 4.98 Å². The van der Waals surface area contributed by atoms with Crippen LogP contribution < -0.4 is 10.6 Å². The highest BCUT2D eigenvalue weighted by atomic mass is 35.5. The van der Waals surface area contributed by atoms with Crippen LogP contribution in [0.1, 0.15) is 0 Å². The van der Waals surface area contributed by atoms with Crippen LogP contribution in [0.15, 0.2) is 77.0 Å². The van der Waals surface area contributed by atoms with Gasteiger partial charge in [-0.2, -0.15) is 0 Å². The van der Waals surface area contributed by atoms with Gasteiger partial charge in [-0.15, -0.1) is 23.1 Å². The second kappa shape index (κ2) is 9.57. The van der Waals surface area contributed by atoms with E-state index in [2.05, 4.69) is 39.9 Å². The molecule has 0 bridgehead atoms. The number of thiazole rings is 1. The molecule has 0 aliphatic rings. The summed E-state index contributed by atoms with van der Waals surface area (Å²) in [6, 6.07) is 21.7. The number of anilines is 1. The smallest absolute Gasteiger partial charge is 0.236 e. The molecule has 1 aromatic heterocycles. The minimum Gasteiger partial charge on any atom is -0.308 e. The molecule has 0 spiro atoms. The molecule has 3 aromatic carbocycles. The van der Waals surface area contributed by atoms with E-state index in [0.29, 0.717) is 10.2 Å². The lowest BCUT2D eigenvalue weighted by Crippen LogP contribution is -2.35. The van der Waals surface area contributed by atoms with Crippen LogP contribution in [0.25, 0.3) is 22.0 Å². The van der Waals surface area contributed by atoms with Gasteiger partial charge in [0, 0.05) is 20.9 Å². The van der Waals surface area contributed by atoms with Gasteiger partial charge in [-0.05, 0) is 47.3 Å². The lowest BCUT2D eigenvalue weighted by Gasteiger charge is -2.07. The number of rotatable bonds is 5. The fourth-order valence-electron chi connectivity index (χ4n) is 2.87. The largest absolute Gasteiger partial charge is 0.308 e. The van der Waals surface area contributed by atoms with E-state index in [-0.39, 0.29) is 16.8 Å². The predicted molar refractivity (Wildman–Crippen MR) is 132 cm³/mol. The van der Waals surface area contributed by atoms with Crippen LogP contribution >= 0.6 is 46.9 Å². The van der Waals surface area contributed by atoms with Crippen LogP contribution in [0.3, 0.4) is 0 Å². The van der Waals surface area contributed by atoms with Crippen molar-refractivity contribution < 1.29 is 4.79 Å². The fraction of sp³-hybridized carbons (Fsp3) is 0.0455. The van der Waals surface area contributed by atoms with Crippen molar-refractivity contribution in [2.45, 2.75) is 4.90 Å². The van der Waals surface area contributed by atoms with Crippen molar-refractivity contribution in [1.82, 2.24) is 10.3 Å². The van der Waals surface area contributed by atoms with Crippen LogP contribution in [0.4, 0.5) is 5.13 Å². The Bertz CT molecular complexity index is 1200. The third kappa shape index (κ3) is 5.17. The molecule has 4 nitrogen and oxygen atoms in total. The normalized spacial score (nSPS) is 10.7. The summed E-state index contributed by atoms with van der Waals surface area (Å²) in [6.07, 6.45) is 0. The molecule has 4 rings (SSSR count). The highest BCUT2D eigenvalue weighted by Crippen LogP contribution is 2.31. The van der Waals surface area contributed by atoms with Gasteiger partial charge in [-0.1, -0.05) is 54.1 Å². The predicted octanol–water partition coefficient (Wildman–Crippen LogP) is 6.22. The minimum atomic E-state index is -0.182. The topological polar surface area (TPSA) is 54.0 Å². The SMILES string of the molecule is O=C(CSc1ccc(Cl)cc1)NC(=S)Nc1nc(-c2cccc3ccccc23)cs1. The lowest BCUT2D eigenvalue weighted by atomic mass is 10.0. The Morgan fingerprint density at radius 1 is 1.07 bits per heavy atom. The maximum Gasteiger partial charge on any atom is 0.236 e. The zero-order chi connectivity index (χ0) is 20.9. The zero-order valence-corrected chi connectivity index (χ0v) is 18.8. The summed E-state index contributed by atoms with van der Waals surface area (Å²) in [5, 5.41) is 11.5. The Labute approximate surface area is 192 Å². The summed E-state index contributed by atoms with van der Waals surface area (Å²) in [5.74, 6) is 0.0704. The number of halogens is 1. The average molecular weight is 470 g/mol. The van der Waals surface area contributed by atoms with Gasteiger partial charge >= 0.3 is 0 Å². The molecular weight excluding hydrogens is 454 g/mol. The molecule has 0 radical (unpaired) electrons. The van der Waals surface area contributed by atoms with Gasteiger partial charge in [0.1, 0.15) is 0 Å². The molecule has 4 aromatic rings. The maximum absolute atomic E-state index is 12.2. The highest BCUT2D eigenvalue weighted by Gasteiger charge is 2.11. The van der Waals surface area contributed by atoms with Crippen molar-refractivity contribution in [2.75, 3.05) is 11.1 Å². The van der Waals surface area contributed by atoms with Crippen LogP contribution in [-0.4, -0.2) is 21.8 Å². The highest BCUT2D eigenvalue weighted by molar-refractivity contribution is 8.00. The second-order valence-corrected chi connectivity index (χ2v) is 9.06. The van der Waals surface area contributed by atoms with Gasteiger partial charge in [0.2, 0.25) is 5.91 Å². The molecule has 8 heteroatoms. The first-order valence-corrected chi connectivity index (χ1v) is 11.7. The van der Waals surface area contributed by atoms with Gasteiger partial charge in [0.15, 0.2) is 10.2 Å². The molecule has 30 heavy (non-hydrogen) atoms. The minimum absolute atomic E-state index is 0.182. The number of amides is 1. The molecule has 0 saturated heterocycles. The molecule has 0 fully saturated rings. The maximum atomic E-state index is 12.2. The van der Waals surface area contributed by atoms with E-state index in [1.165, 1.54) is 28.5 Å². The number of thiocarbonyl (C=S) groups is 1. The molecule has 0 unspecified atom stereocenters. The van der Waals surface area contributed by atoms with Crippen molar-refractivity contribution in [3.05, 3.63) is 77.1 Å². The number of carbonyl (C=O) groups excluding carboxylic acids is 1. The standard InChI is InChI=1S/C22H16ClN3OS3/c23-15-8-10-16(11-9-15)29-13-20(27)25-21(28)26-22-24-19(12-30-22)18-7-3-5-14-4-1-2-6-17(14)18/h1-12H,13H2,(H2,24,25,26,27,28). The van der Waals surface area contributed by atoms with Crippen LogP contribution in [0.2, 0.25) is 5.02 Å². The number of benzene rings is 3. The molecule has 0 aliphatic carbocycles. The van der Waals surface area contributed by atoms with Crippen molar-refractivity contribution in [3.63, 3.8) is 0 Å². The summed E-state index contributed by atoms with van der Waals surface area (Å²) in [5.41, 5.74) is 1.93. The Balaban J connectivity index is 1.35. The quantitative estimate of drug-likeness (QED) is 0.268. The van der Waals surface area contributed by atoms with Gasteiger partial charge in [-0.3, -0.25) is 4.79 Å². The molecule has 0 saturated carbocycles. The molecule has 0 aliphatic heterocycles. The molecule has 2 N–H and O–H groups in total. The van der Waals surface area contributed by atoms with Crippen LogP contribution in [0.5, 0.6) is 0 Å². The first-order valence-electron chi connectivity index (χ1n) is 9.01. The number of aromatic nitrogens is 1. The average Bonchev–Trinajstić information content (AvgIpc) is 3.21. The van der Waals surface area contributed by atoms with Crippen molar-refractivity contribution in [1.29, 1.82) is 0 Å². The molecule has 1 heterocycles. The number of thioether (sulfide) groups is 1. The van der Waals surface area contributed by atoms with Crippen molar-refractivity contribution in [2.24, 2.45) is 0 Å². The Morgan fingerprint density at radius 3 is 2.67 bits per heavy atom. The molecule has 1 amide bonds. The fourth-order valence-corrected chi connectivity index (χ4v) is 4.69. The Morgan fingerprint density at radius 2 is 1.83 bits per heavy atom. The molecule has 0 atom stereocenters. The van der Waals surface area contributed by atoms with Gasteiger partial charge < -0.3 is 10.6 Å². The number of nitrogens with zero attached hydrogens (tertiary/aromatic N) is 1. The number of fused-ring (bicyclic) bond motifs is 1. The molecule has 150 valence electrons. The van der Waals surface area contributed by atoms with E-state index in [4.69, 9.17) is 23.8 Å². The number of hydrogen-bond acceptors (Lipinski definition) is 5. The third-order valence-electron chi connectivity index (χ3n) is 4.23.